The van der Waals surface area contributed by atoms with Crippen molar-refractivity contribution in [1.29, 1.82) is 0 Å². The van der Waals surface area contributed by atoms with Crippen molar-refractivity contribution >= 4 is 5.69 Å². The predicted molar refractivity (Wildman–Crippen MR) is 71.8 cm³/mol. The summed E-state index contributed by atoms with van der Waals surface area (Å²) in [5.74, 6) is 0. The Balaban J connectivity index is 2.69. The Morgan fingerprint density at radius 2 is 1.81 bits per heavy atom. The number of hydrogen-bond donors (Lipinski definition) is 1. The molecule has 0 unspecified atom stereocenters. The Morgan fingerprint density at radius 1 is 1.19 bits per heavy atom. The standard InChI is InChI=1S/C14H24N2/c1-4-16(12-14(2,3)10-11-15)13-8-6-5-7-9-13/h5-9H,4,10-12,15H2,1-3H3. The highest BCUT2D eigenvalue weighted by molar-refractivity contribution is 5.45. The summed E-state index contributed by atoms with van der Waals surface area (Å²) in [7, 11) is 0. The van der Waals surface area contributed by atoms with Gasteiger partial charge in [-0.25, -0.2) is 0 Å². The highest BCUT2D eigenvalue weighted by Crippen LogP contribution is 2.24. The Hall–Kier alpha value is -1.02. The number of rotatable bonds is 6. The lowest BCUT2D eigenvalue weighted by atomic mass is 9.88. The monoisotopic (exact) mass is 220 g/mol. The van der Waals surface area contributed by atoms with Crippen LogP contribution in [0.2, 0.25) is 0 Å². The zero-order chi connectivity index (χ0) is 12.0. The van der Waals surface area contributed by atoms with E-state index in [-0.39, 0.29) is 5.41 Å². The van der Waals surface area contributed by atoms with E-state index in [2.05, 4.69) is 56.0 Å². The number of para-hydroxylation sites is 1. The molecule has 0 aliphatic heterocycles. The molecule has 1 aromatic carbocycles. The van der Waals surface area contributed by atoms with Gasteiger partial charge in [0.25, 0.3) is 0 Å². The van der Waals surface area contributed by atoms with Crippen molar-refractivity contribution in [2.24, 2.45) is 11.1 Å². The molecule has 2 heteroatoms. The van der Waals surface area contributed by atoms with Crippen molar-refractivity contribution in [3.8, 4) is 0 Å². The lowest BCUT2D eigenvalue weighted by Crippen LogP contribution is -2.35. The molecule has 90 valence electrons. The molecular weight excluding hydrogens is 196 g/mol. The topological polar surface area (TPSA) is 29.3 Å². The van der Waals surface area contributed by atoms with Crippen molar-refractivity contribution in [2.45, 2.75) is 27.2 Å². The summed E-state index contributed by atoms with van der Waals surface area (Å²) in [6.07, 6.45) is 1.07. The van der Waals surface area contributed by atoms with E-state index in [9.17, 15) is 0 Å². The average molecular weight is 220 g/mol. The van der Waals surface area contributed by atoms with Gasteiger partial charge in [0.15, 0.2) is 0 Å². The summed E-state index contributed by atoms with van der Waals surface area (Å²) in [4.78, 5) is 2.41. The first kappa shape index (κ1) is 13.0. The fourth-order valence-electron chi connectivity index (χ4n) is 2.01. The summed E-state index contributed by atoms with van der Waals surface area (Å²) < 4.78 is 0. The van der Waals surface area contributed by atoms with Crippen molar-refractivity contribution in [3.63, 3.8) is 0 Å². The fourth-order valence-corrected chi connectivity index (χ4v) is 2.01. The second-order valence-electron chi connectivity index (χ2n) is 5.05. The maximum Gasteiger partial charge on any atom is 0.0366 e. The Morgan fingerprint density at radius 3 is 2.31 bits per heavy atom. The third-order valence-electron chi connectivity index (χ3n) is 2.94. The van der Waals surface area contributed by atoms with Crippen LogP contribution in [0.5, 0.6) is 0 Å². The van der Waals surface area contributed by atoms with Crippen LogP contribution in [0.15, 0.2) is 30.3 Å². The fraction of sp³-hybridized carbons (Fsp3) is 0.571. The Labute approximate surface area is 99.5 Å². The van der Waals surface area contributed by atoms with Crippen LogP contribution in [0.25, 0.3) is 0 Å². The second kappa shape index (κ2) is 5.90. The molecule has 0 fully saturated rings. The first-order chi connectivity index (χ1) is 7.59. The van der Waals surface area contributed by atoms with Crippen LogP contribution in [-0.2, 0) is 0 Å². The molecule has 0 aliphatic rings. The molecule has 0 spiro atoms. The zero-order valence-electron chi connectivity index (χ0n) is 10.7. The van der Waals surface area contributed by atoms with Crippen molar-refractivity contribution in [1.82, 2.24) is 0 Å². The summed E-state index contributed by atoms with van der Waals surface area (Å²) in [5, 5.41) is 0. The van der Waals surface area contributed by atoms with Crippen LogP contribution in [0, 0.1) is 5.41 Å². The number of nitrogens with zero attached hydrogens (tertiary/aromatic N) is 1. The Bertz CT molecular complexity index is 293. The lowest BCUT2D eigenvalue weighted by Gasteiger charge is -2.33. The minimum absolute atomic E-state index is 0.278. The predicted octanol–water partition coefficient (Wildman–Crippen LogP) is 2.89. The molecule has 2 N–H and O–H groups in total. The molecule has 0 radical (unpaired) electrons. The highest BCUT2D eigenvalue weighted by atomic mass is 15.1. The van der Waals surface area contributed by atoms with Gasteiger partial charge < -0.3 is 10.6 Å². The van der Waals surface area contributed by atoms with E-state index >= 15 is 0 Å². The van der Waals surface area contributed by atoms with Crippen LogP contribution < -0.4 is 10.6 Å². The Kier molecular flexibility index (Phi) is 4.81. The van der Waals surface area contributed by atoms with Crippen molar-refractivity contribution < 1.29 is 0 Å². The van der Waals surface area contributed by atoms with Crippen LogP contribution in [0.3, 0.4) is 0 Å². The summed E-state index contributed by atoms with van der Waals surface area (Å²) in [5.41, 5.74) is 7.23. The van der Waals surface area contributed by atoms with Crippen molar-refractivity contribution in [3.05, 3.63) is 30.3 Å². The molecule has 16 heavy (non-hydrogen) atoms. The maximum atomic E-state index is 5.65. The van der Waals surface area contributed by atoms with Crippen LogP contribution in [-0.4, -0.2) is 19.6 Å². The highest BCUT2D eigenvalue weighted by Gasteiger charge is 2.20. The minimum atomic E-state index is 0.278. The van der Waals surface area contributed by atoms with Gasteiger partial charge >= 0.3 is 0 Å². The third-order valence-corrected chi connectivity index (χ3v) is 2.94. The molecule has 0 heterocycles. The van der Waals surface area contributed by atoms with Crippen molar-refractivity contribution in [2.75, 3.05) is 24.5 Å². The smallest absolute Gasteiger partial charge is 0.0366 e. The number of nitrogens with two attached hydrogens (primary N) is 1. The average Bonchev–Trinajstić information content (AvgIpc) is 2.27. The van der Waals surface area contributed by atoms with Gasteiger partial charge in [-0.05, 0) is 37.4 Å². The molecule has 0 atom stereocenters. The molecular formula is C14H24N2. The number of anilines is 1. The summed E-state index contributed by atoms with van der Waals surface area (Å²) in [6.45, 7) is 9.63. The summed E-state index contributed by atoms with van der Waals surface area (Å²) >= 11 is 0. The third kappa shape index (κ3) is 3.86. The summed E-state index contributed by atoms with van der Waals surface area (Å²) in [6, 6.07) is 10.6. The number of benzene rings is 1. The van der Waals surface area contributed by atoms with Crippen LogP contribution >= 0.6 is 0 Å². The van der Waals surface area contributed by atoms with Crippen LogP contribution in [0.4, 0.5) is 5.69 Å². The molecule has 2 nitrogen and oxygen atoms in total. The molecule has 0 aromatic heterocycles. The van der Waals surface area contributed by atoms with E-state index in [1.165, 1.54) is 5.69 Å². The molecule has 0 amide bonds. The van der Waals surface area contributed by atoms with E-state index in [4.69, 9.17) is 5.73 Å². The molecule has 1 aromatic rings. The molecule has 0 saturated carbocycles. The van der Waals surface area contributed by atoms with Gasteiger partial charge in [0, 0.05) is 18.8 Å². The quantitative estimate of drug-likeness (QED) is 0.798. The molecule has 1 rings (SSSR count). The van der Waals surface area contributed by atoms with E-state index in [1.54, 1.807) is 0 Å². The van der Waals surface area contributed by atoms with Gasteiger partial charge in [0.05, 0.1) is 0 Å². The first-order valence-corrected chi connectivity index (χ1v) is 6.09. The SMILES string of the molecule is CCN(CC(C)(C)CCN)c1ccccc1. The van der Waals surface area contributed by atoms with Gasteiger partial charge in [-0.2, -0.15) is 0 Å². The molecule has 0 bridgehead atoms. The maximum absolute atomic E-state index is 5.65. The number of hydrogen-bond acceptors (Lipinski definition) is 2. The lowest BCUT2D eigenvalue weighted by molar-refractivity contribution is 0.343. The van der Waals surface area contributed by atoms with E-state index in [0.29, 0.717) is 0 Å². The second-order valence-corrected chi connectivity index (χ2v) is 5.05. The van der Waals surface area contributed by atoms with Gasteiger partial charge in [0.2, 0.25) is 0 Å². The largest absolute Gasteiger partial charge is 0.371 e. The molecule has 0 aliphatic carbocycles. The first-order valence-electron chi connectivity index (χ1n) is 6.09. The van der Waals surface area contributed by atoms with Gasteiger partial charge in [-0.1, -0.05) is 32.0 Å². The van der Waals surface area contributed by atoms with E-state index in [1.807, 2.05) is 0 Å². The zero-order valence-corrected chi connectivity index (χ0v) is 10.7. The van der Waals surface area contributed by atoms with Gasteiger partial charge in [0.1, 0.15) is 0 Å². The minimum Gasteiger partial charge on any atom is -0.371 e. The molecule has 0 saturated heterocycles. The van der Waals surface area contributed by atoms with Gasteiger partial charge in [-0.3, -0.25) is 0 Å². The van der Waals surface area contributed by atoms with E-state index in [0.717, 1.165) is 26.1 Å². The van der Waals surface area contributed by atoms with Crippen LogP contribution in [0.1, 0.15) is 27.2 Å². The normalized spacial score (nSPS) is 11.5. The van der Waals surface area contributed by atoms with E-state index < -0.39 is 0 Å². The van der Waals surface area contributed by atoms with Gasteiger partial charge in [-0.15, -0.1) is 0 Å².